The molecule has 4 atom stereocenters. The van der Waals surface area contributed by atoms with Gasteiger partial charge in [0.2, 0.25) is 5.78 Å². The summed E-state index contributed by atoms with van der Waals surface area (Å²) in [6.45, 7) is 3.94. The zero-order chi connectivity index (χ0) is 24.6. The zero-order valence-electron chi connectivity index (χ0n) is 18.9. The summed E-state index contributed by atoms with van der Waals surface area (Å²) in [4.78, 5) is 40.2. The molecule has 0 radical (unpaired) electrons. The number of fused-ring (bicyclic) bond motifs is 3. The fourth-order valence-electron chi connectivity index (χ4n) is 5.82. The van der Waals surface area contributed by atoms with E-state index in [2.05, 4.69) is 0 Å². The molecule has 0 saturated carbocycles. The van der Waals surface area contributed by atoms with Gasteiger partial charge in [-0.1, -0.05) is 19.9 Å². The monoisotopic (exact) mass is 456 g/mol. The molecule has 176 valence electrons. The Kier molecular flexibility index (Phi) is 5.18. The van der Waals surface area contributed by atoms with Crippen LogP contribution in [0.2, 0.25) is 0 Å². The molecule has 1 amide bonds. The summed E-state index contributed by atoms with van der Waals surface area (Å²) in [5.41, 5.74) is 3.35. The summed E-state index contributed by atoms with van der Waals surface area (Å²) < 4.78 is 0. The lowest BCUT2D eigenvalue weighted by Gasteiger charge is -2.50. The van der Waals surface area contributed by atoms with Gasteiger partial charge in [-0.2, -0.15) is 0 Å². The molecule has 0 saturated heterocycles. The first-order valence-corrected chi connectivity index (χ1v) is 10.8. The van der Waals surface area contributed by atoms with Crippen molar-refractivity contribution in [1.82, 2.24) is 4.90 Å². The SMILES string of the molecule is CC(C)c1ccc(O)c2c1CC1CC3[C@H](N(C)C)C(O)=C(C(N)=O)C(=O)C3(O)C(O)=C1C2=O. The molecule has 0 spiro atoms. The van der Waals surface area contributed by atoms with Gasteiger partial charge in [-0.25, -0.2) is 0 Å². The van der Waals surface area contributed by atoms with Crippen molar-refractivity contribution in [2.24, 2.45) is 17.6 Å². The number of phenols is 1. The van der Waals surface area contributed by atoms with Crippen LogP contribution < -0.4 is 5.73 Å². The van der Waals surface area contributed by atoms with Crippen LogP contribution in [-0.4, -0.2) is 68.5 Å². The zero-order valence-corrected chi connectivity index (χ0v) is 18.9. The Morgan fingerprint density at radius 1 is 1.18 bits per heavy atom. The molecule has 3 unspecified atom stereocenters. The highest BCUT2D eigenvalue weighted by Gasteiger charge is 2.63. The molecule has 1 aromatic rings. The lowest BCUT2D eigenvalue weighted by molar-refractivity contribution is -0.148. The Balaban J connectivity index is 1.98. The number of allylic oxidation sites excluding steroid dienone is 1. The maximum atomic E-state index is 13.5. The minimum absolute atomic E-state index is 0.0435. The molecule has 3 aliphatic rings. The van der Waals surface area contributed by atoms with Crippen molar-refractivity contribution in [3.63, 3.8) is 0 Å². The van der Waals surface area contributed by atoms with Gasteiger partial charge in [0.1, 0.15) is 22.8 Å². The number of phenolic OH excluding ortho intramolecular Hbond substituents is 1. The number of rotatable bonds is 3. The Morgan fingerprint density at radius 3 is 2.36 bits per heavy atom. The van der Waals surface area contributed by atoms with Gasteiger partial charge in [0.05, 0.1) is 11.6 Å². The number of likely N-dealkylation sites (N-methyl/N-ethyl adjacent to an activating group) is 1. The minimum atomic E-state index is -2.62. The predicted octanol–water partition coefficient (Wildman–Crippen LogP) is 1.24. The van der Waals surface area contributed by atoms with Crippen molar-refractivity contribution in [3.05, 3.63) is 51.5 Å². The van der Waals surface area contributed by atoms with Crippen LogP contribution in [0.4, 0.5) is 0 Å². The van der Waals surface area contributed by atoms with Crippen molar-refractivity contribution >= 4 is 17.5 Å². The van der Waals surface area contributed by atoms with E-state index in [1.807, 2.05) is 13.8 Å². The highest BCUT2D eigenvalue weighted by Crippen LogP contribution is 2.52. The van der Waals surface area contributed by atoms with E-state index in [9.17, 15) is 34.8 Å². The maximum absolute atomic E-state index is 13.5. The Bertz CT molecular complexity index is 1160. The van der Waals surface area contributed by atoms with Crippen molar-refractivity contribution in [2.75, 3.05) is 14.1 Å². The number of primary amides is 1. The number of hydrogen-bond acceptors (Lipinski definition) is 8. The summed E-state index contributed by atoms with van der Waals surface area (Å²) in [5, 5.41) is 44.0. The van der Waals surface area contributed by atoms with Crippen LogP contribution >= 0.6 is 0 Å². The number of ketones is 2. The van der Waals surface area contributed by atoms with Crippen molar-refractivity contribution < 1.29 is 34.8 Å². The molecule has 3 aliphatic carbocycles. The van der Waals surface area contributed by atoms with E-state index in [1.54, 1.807) is 20.2 Å². The van der Waals surface area contributed by atoms with E-state index in [1.165, 1.54) is 11.0 Å². The van der Waals surface area contributed by atoms with Crippen LogP contribution in [0.1, 0.15) is 47.7 Å². The number of carbonyl (C=O) groups excluding carboxylic acids is 3. The quantitative estimate of drug-likeness (QED) is 0.425. The van der Waals surface area contributed by atoms with Crippen LogP contribution in [0.25, 0.3) is 0 Å². The van der Waals surface area contributed by atoms with Gasteiger partial charge in [-0.15, -0.1) is 0 Å². The van der Waals surface area contributed by atoms with Crippen molar-refractivity contribution in [1.29, 1.82) is 0 Å². The third-order valence-electron chi connectivity index (χ3n) is 7.26. The highest BCUT2D eigenvalue weighted by atomic mass is 16.3. The van der Waals surface area contributed by atoms with E-state index < -0.39 is 58.0 Å². The average molecular weight is 456 g/mol. The van der Waals surface area contributed by atoms with Crippen LogP contribution in [0.3, 0.4) is 0 Å². The first-order valence-electron chi connectivity index (χ1n) is 10.8. The number of benzene rings is 1. The lowest BCUT2D eigenvalue weighted by Crippen LogP contribution is -2.63. The Morgan fingerprint density at radius 2 is 1.82 bits per heavy atom. The summed E-state index contributed by atoms with van der Waals surface area (Å²) in [6.07, 6.45) is 0.384. The fourth-order valence-corrected chi connectivity index (χ4v) is 5.82. The van der Waals surface area contributed by atoms with Crippen molar-refractivity contribution in [2.45, 2.75) is 44.2 Å². The number of aromatic hydroxyl groups is 1. The molecule has 0 bridgehead atoms. The highest BCUT2D eigenvalue weighted by molar-refractivity contribution is 6.24. The average Bonchev–Trinajstić information content (AvgIpc) is 2.70. The van der Waals surface area contributed by atoms with Gasteiger partial charge in [0, 0.05) is 11.5 Å². The molecule has 0 aliphatic heterocycles. The van der Waals surface area contributed by atoms with Crippen LogP contribution in [-0.2, 0) is 16.0 Å². The lowest BCUT2D eigenvalue weighted by atomic mass is 9.58. The first-order chi connectivity index (χ1) is 15.3. The normalized spacial score (nSPS) is 29.4. The largest absolute Gasteiger partial charge is 0.510 e. The number of carbonyl (C=O) groups is 3. The topological polar surface area (TPSA) is 161 Å². The Labute approximate surface area is 190 Å². The van der Waals surface area contributed by atoms with Gasteiger partial charge in [0.15, 0.2) is 11.4 Å². The van der Waals surface area contributed by atoms with E-state index in [0.29, 0.717) is 12.0 Å². The number of nitrogens with zero attached hydrogens (tertiary/aromatic N) is 1. The fraction of sp³-hybridized carbons (Fsp3) is 0.458. The number of hydrogen-bond donors (Lipinski definition) is 5. The number of aliphatic hydroxyl groups excluding tert-OH is 2. The molecule has 4 rings (SSSR count). The van der Waals surface area contributed by atoms with Crippen LogP contribution in [0, 0.1) is 11.8 Å². The number of Topliss-reactive ketones (excluding diaryl/α,β-unsaturated/α-hetero) is 2. The van der Waals surface area contributed by atoms with E-state index in [-0.39, 0.29) is 29.2 Å². The number of nitrogens with two attached hydrogens (primary N) is 1. The van der Waals surface area contributed by atoms with Gasteiger partial charge >= 0.3 is 0 Å². The third kappa shape index (κ3) is 2.95. The molecule has 9 nitrogen and oxygen atoms in total. The van der Waals surface area contributed by atoms with E-state index in [4.69, 9.17) is 5.73 Å². The second-order valence-electron chi connectivity index (χ2n) is 9.65. The van der Waals surface area contributed by atoms with Gasteiger partial charge < -0.3 is 26.2 Å². The summed E-state index contributed by atoms with van der Waals surface area (Å²) in [7, 11) is 3.20. The van der Waals surface area contributed by atoms with Gasteiger partial charge in [0.25, 0.3) is 5.91 Å². The molecular formula is C24H28N2O7. The van der Waals surface area contributed by atoms with Gasteiger partial charge in [-0.3, -0.25) is 19.3 Å². The molecular weight excluding hydrogens is 428 g/mol. The first kappa shape index (κ1) is 23.0. The molecule has 0 aromatic heterocycles. The van der Waals surface area contributed by atoms with Gasteiger partial charge in [-0.05, 0) is 56.0 Å². The summed E-state index contributed by atoms with van der Waals surface area (Å²) in [5.74, 6) is -6.33. The molecule has 0 heterocycles. The molecule has 1 aromatic carbocycles. The molecule has 6 N–H and O–H groups in total. The number of aliphatic hydroxyl groups is 3. The molecule has 0 fully saturated rings. The molecule has 33 heavy (non-hydrogen) atoms. The summed E-state index contributed by atoms with van der Waals surface area (Å²) in [6, 6.07) is 2.19. The van der Waals surface area contributed by atoms with E-state index in [0.717, 1.165) is 5.56 Å². The Hall–Kier alpha value is -3.17. The van der Waals surface area contributed by atoms with Crippen LogP contribution in [0.15, 0.2) is 34.8 Å². The van der Waals surface area contributed by atoms with Crippen molar-refractivity contribution in [3.8, 4) is 5.75 Å². The molecule has 9 heteroatoms. The van der Waals surface area contributed by atoms with E-state index >= 15 is 0 Å². The second-order valence-corrected chi connectivity index (χ2v) is 9.65. The number of amides is 1. The smallest absolute Gasteiger partial charge is 0.255 e. The standard InChI is InChI=1S/C24H28N2O7/c1-9(2)11-5-6-14(27)16-12(11)7-10-8-13-18(26(3)4)20(29)17(23(25)32)22(31)24(13,33)21(30)15(10)19(16)28/h5-6,9-10,13,18,27,29-30,33H,7-8H2,1-4H3,(H2,25,32)/t10?,13?,18-,24?/m0/s1. The summed E-state index contributed by atoms with van der Waals surface area (Å²) >= 11 is 0. The second kappa shape index (κ2) is 7.43. The van der Waals surface area contributed by atoms with Crippen LogP contribution in [0.5, 0.6) is 5.75 Å². The maximum Gasteiger partial charge on any atom is 0.255 e. The minimum Gasteiger partial charge on any atom is -0.510 e. The predicted molar refractivity (Wildman–Crippen MR) is 118 cm³/mol. The third-order valence-corrected chi connectivity index (χ3v) is 7.26.